The van der Waals surface area contributed by atoms with Crippen LogP contribution in [-0.2, 0) is 14.3 Å². The van der Waals surface area contributed by atoms with Gasteiger partial charge in [-0.3, -0.25) is 14.5 Å². The Kier molecular flexibility index (Phi) is 7.52. The second-order valence-electron chi connectivity index (χ2n) is 5.25. The number of hydrogen-bond acceptors (Lipinski definition) is 8. The molecule has 1 saturated heterocycles. The Hall–Kier alpha value is -2.23. The number of amides is 2. The predicted octanol–water partition coefficient (Wildman–Crippen LogP) is 1.55. The topological polar surface area (TPSA) is 105 Å². The van der Waals surface area contributed by atoms with Crippen LogP contribution in [0.1, 0.15) is 12.5 Å². The number of rotatable bonds is 9. The number of methoxy groups -OCH3 is 1. The van der Waals surface area contributed by atoms with E-state index in [9.17, 15) is 19.5 Å². The highest BCUT2D eigenvalue weighted by Crippen LogP contribution is 2.39. The quantitative estimate of drug-likeness (QED) is 0.560. The summed E-state index contributed by atoms with van der Waals surface area (Å²) >= 11 is 6.98. The summed E-state index contributed by atoms with van der Waals surface area (Å²) in [6, 6.07) is 3.03. The van der Waals surface area contributed by atoms with Crippen LogP contribution in [0, 0.1) is 0 Å². The molecule has 0 atom stereocenters. The molecule has 1 aliphatic heterocycles. The van der Waals surface area contributed by atoms with Gasteiger partial charge in [0.05, 0.1) is 35.7 Å². The highest BCUT2D eigenvalue weighted by atomic mass is 35.5. The van der Waals surface area contributed by atoms with Crippen LogP contribution in [0.3, 0.4) is 0 Å². The van der Waals surface area contributed by atoms with Crippen molar-refractivity contribution in [3.05, 3.63) is 27.6 Å². The van der Waals surface area contributed by atoms with Crippen LogP contribution in [0.2, 0.25) is 5.02 Å². The first-order valence-corrected chi connectivity index (χ1v) is 9.10. The first kappa shape index (κ1) is 21.1. The van der Waals surface area contributed by atoms with E-state index in [0.29, 0.717) is 5.56 Å². The first-order chi connectivity index (χ1) is 12.9. The summed E-state index contributed by atoms with van der Waals surface area (Å²) in [7, 11) is 1.48. The van der Waals surface area contributed by atoms with Crippen LogP contribution < -0.4 is 14.6 Å². The molecule has 2 amide bonds. The molecule has 0 bridgehead atoms. The standard InChI is InChI=1S/C17H18ClNO7S/c1-3-25-12-7-10(6-11(18)15(12)26-9-14(20)21)8-13-16(22)19(4-5-24-2)17(23)27-13/h6-8H,3-5,9H2,1-2H3,(H,20,21)/p-1/b13-8+. The number of carboxylic acid groups (broad SMARTS) is 1. The zero-order valence-electron chi connectivity index (χ0n) is 14.7. The van der Waals surface area contributed by atoms with Gasteiger partial charge in [-0.05, 0) is 42.5 Å². The summed E-state index contributed by atoms with van der Waals surface area (Å²) in [6.45, 7) is 1.76. The molecular weight excluding hydrogens is 398 g/mol. The van der Waals surface area contributed by atoms with Crippen molar-refractivity contribution in [2.24, 2.45) is 0 Å². The van der Waals surface area contributed by atoms with E-state index in [-0.39, 0.29) is 46.4 Å². The second kappa shape index (κ2) is 9.63. The molecule has 27 heavy (non-hydrogen) atoms. The van der Waals surface area contributed by atoms with Crippen LogP contribution >= 0.6 is 23.4 Å². The number of carbonyl (C=O) groups excluding carboxylic acids is 3. The van der Waals surface area contributed by atoms with Gasteiger partial charge >= 0.3 is 0 Å². The number of imide groups is 1. The Bertz CT molecular complexity index is 781. The lowest BCUT2D eigenvalue weighted by Gasteiger charge is -2.15. The minimum atomic E-state index is -1.40. The Morgan fingerprint density at radius 2 is 2.07 bits per heavy atom. The lowest BCUT2D eigenvalue weighted by atomic mass is 10.1. The maximum absolute atomic E-state index is 12.4. The number of halogens is 1. The lowest BCUT2D eigenvalue weighted by Crippen LogP contribution is -2.31. The van der Waals surface area contributed by atoms with E-state index in [1.54, 1.807) is 13.0 Å². The third kappa shape index (κ3) is 5.38. The number of benzene rings is 1. The van der Waals surface area contributed by atoms with Crippen molar-refractivity contribution < 1.29 is 33.7 Å². The lowest BCUT2D eigenvalue weighted by molar-refractivity contribution is -0.307. The van der Waals surface area contributed by atoms with Gasteiger partial charge in [0.25, 0.3) is 11.1 Å². The zero-order valence-corrected chi connectivity index (χ0v) is 16.2. The van der Waals surface area contributed by atoms with E-state index in [2.05, 4.69) is 0 Å². The molecule has 1 fully saturated rings. The molecule has 0 saturated carbocycles. The van der Waals surface area contributed by atoms with Crippen LogP contribution in [0.4, 0.5) is 4.79 Å². The number of ether oxygens (including phenoxy) is 3. The van der Waals surface area contributed by atoms with E-state index in [1.165, 1.54) is 19.3 Å². The van der Waals surface area contributed by atoms with Crippen LogP contribution in [0.15, 0.2) is 17.0 Å². The van der Waals surface area contributed by atoms with Gasteiger partial charge in [0, 0.05) is 7.11 Å². The fourth-order valence-corrected chi connectivity index (χ4v) is 3.37. The minimum absolute atomic E-state index is 0.0630. The molecule has 146 valence electrons. The van der Waals surface area contributed by atoms with E-state index in [4.69, 9.17) is 25.8 Å². The summed E-state index contributed by atoms with van der Waals surface area (Å²) in [6.07, 6.45) is 1.51. The first-order valence-electron chi connectivity index (χ1n) is 7.90. The molecule has 0 aromatic heterocycles. The highest BCUT2D eigenvalue weighted by Gasteiger charge is 2.34. The smallest absolute Gasteiger partial charge is 0.293 e. The maximum atomic E-state index is 12.4. The van der Waals surface area contributed by atoms with Crippen molar-refractivity contribution in [1.82, 2.24) is 4.90 Å². The monoisotopic (exact) mass is 414 g/mol. The molecular formula is C17H17ClNO7S-. The molecule has 0 aliphatic carbocycles. The van der Waals surface area contributed by atoms with Crippen molar-refractivity contribution in [3.8, 4) is 11.5 Å². The predicted molar refractivity (Wildman–Crippen MR) is 97.7 cm³/mol. The largest absolute Gasteiger partial charge is 0.546 e. The van der Waals surface area contributed by atoms with Gasteiger partial charge in [0.2, 0.25) is 0 Å². The fourth-order valence-electron chi connectivity index (χ4n) is 2.23. The Morgan fingerprint density at radius 1 is 1.33 bits per heavy atom. The van der Waals surface area contributed by atoms with Crippen molar-refractivity contribution >= 4 is 46.6 Å². The maximum Gasteiger partial charge on any atom is 0.293 e. The molecule has 1 aromatic rings. The van der Waals surface area contributed by atoms with E-state index in [0.717, 1.165) is 16.7 Å². The number of nitrogens with zero attached hydrogens (tertiary/aromatic N) is 1. The average Bonchev–Trinajstić information content (AvgIpc) is 2.86. The summed E-state index contributed by atoms with van der Waals surface area (Å²) in [4.78, 5) is 36.3. The molecule has 0 unspecified atom stereocenters. The second-order valence-corrected chi connectivity index (χ2v) is 6.65. The molecule has 1 aliphatic rings. The summed E-state index contributed by atoms with van der Waals surface area (Å²) < 4.78 is 15.5. The molecule has 2 rings (SSSR count). The van der Waals surface area contributed by atoms with E-state index >= 15 is 0 Å². The summed E-state index contributed by atoms with van der Waals surface area (Å²) in [5, 5.41) is 10.3. The minimum Gasteiger partial charge on any atom is -0.546 e. The number of carbonyl (C=O) groups is 3. The normalized spacial score (nSPS) is 15.5. The molecule has 0 radical (unpaired) electrons. The van der Waals surface area contributed by atoms with Crippen molar-refractivity contribution in [3.63, 3.8) is 0 Å². The van der Waals surface area contributed by atoms with Gasteiger partial charge in [-0.2, -0.15) is 0 Å². The molecule has 8 nitrogen and oxygen atoms in total. The third-order valence-corrected chi connectivity index (χ3v) is 4.54. The van der Waals surface area contributed by atoms with E-state index in [1.807, 2.05) is 0 Å². The van der Waals surface area contributed by atoms with Gasteiger partial charge in [-0.15, -0.1) is 0 Å². The molecule has 10 heteroatoms. The van der Waals surface area contributed by atoms with Crippen LogP contribution in [0.25, 0.3) is 6.08 Å². The van der Waals surface area contributed by atoms with Crippen LogP contribution in [0.5, 0.6) is 11.5 Å². The Morgan fingerprint density at radius 3 is 2.70 bits per heavy atom. The van der Waals surface area contributed by atoms with Gasteiger partial charge in [0.15, 0.2) is 11.5 Å². The third-order valence-electron chi connectivity index (χ3n) is 3.36. The number of carboxylic acids is 1. The van der Waals surface area contributed by atoms with Gasteiger partial charge < -0.3 is 24.1 Å². The number of aliphatic carboxylic acids is 1. The fraction of sp³-hybridized carbons (Fsp3) is 0.353. The van der Waals surface area contributed by atoms with Gasteiger partial charge in [0.1, 0.15) is 6.61 Å². The molecule has 0 N–H and O–H groups in total. The highest BCUT2D eigenvalue weighted by molar-refractivity contribution is 8.18. The summed E-state index contributed by atoms with van der Waals surface area (Å²) in [5.41, 5.74) is 0.501. The van der Waals surface area contributed by atoms with Gasteiger partial charge in [-0.1, -0.05) is 11.6 Å². The van der Waals surface area contributed by atoms with Crippen molar-refractivity contribution in [1.29, 1.82) is 0 Å². The van der Waals surface area contributed by atoms with Gasteiger partial charge in [-0.25, -0.2) is 0 Å². The van der Waals surface area contributed by atoms with Crippen molar-refractivity contribution in [2.75, 3.05) is 33.5 Å². The molecule has 0 spiro atoms. The van der Waals surface area contributed by atoms with Crippen LogP contribution in [-0.4, -0.2) is 55.5 Å². The Labute approximate surface area is 165 Å². The molecule has 1 aromatic carbocycles. The summed E-state index contributed by atoms with van der Waals surface area (Å²) in [5.74, 6) is -1.54. The number of hydrogen-bond donors (Lipinski definition) is 0. The number of thioether (sulfide) groups is 1. The van der Waals surface area contributed by atoms with E-state index < -0.39 is 18.5 Å². The SMILES string of the molecule is CCOc1cc(/C=C2/SC(=O)N(CCOC)C2=O)cc(Cl)c1OCC(=O)[O-]. The molecule has 1 heterocycles. The van der Waals surface area contributed by atoms with Crippen molar-refractivity contribution in [2.45, 2.75) is 6.92 Å². The average molecular weight is 415 g/mol. The zero-order chi connectivity index (χ0) is 20.0. The Balaban J connectivity index is 2.30.